The van der Waals surface area contributed by atoms with Crippen molar-refractivity contribution < 1.29 is 13.2 Å². The number of rotatable bonds is 2. The summed E-state index contributed by atoms with van der Waals surface area (Å²) in [5.41, 5.74) is 1.43. The fourth-order valence-electron chi connectivity index (χ4n) is 2.12. The lowest BCUT2D eigenvalue weighted by molar-refractivity contribution is -0.117. The van der Waals surface area contributed by atoms with E-state index in [0.29, 0.717) is 15.2 Å². The van der Waals surface area contributed by atoms with Crippen molar-refractivity contribution in [1.29, 1.82) is 0 Å². The molecular formula is C11H10BrCl2NO3S. The number of amides is 1. The summed E-state index contributed by atoms with van der Waals surface area (Å²) in [6.45, 7) is 1.87. The standard InChI is InChI=1S/C11H10BrCl2NO3S/c1-6-2-7(13)3-9(12)11(6)15-5-8(4-10(15)16)19(14,17)18/h2-3,8H,4-5H2,1H3. The van der Waals surface area contributed by atoms with Gasteiger partial charge in [-0.3, -0.25) is 4.79 Å². The second kappa shape index (κ2) is 5.24. The molecule has 0 radical (unpaired) electrons. The number of carbonyl (C=O) groups is 1. The number of halogens is 3. The van der Waals surface area contributed by atoms with Gasteiger partial charge in [-0.15, -0.1) is 0 Å². The lowest BCUT2D eigenvalue weighted by Gasteiger charge is -2.20. The Kier molecular flexibility index (Phi) is 4.16. The van der Waals surface area contributed by atoms with Gasteiger partial charge >= 0.3 is 0 Å². The molecule has 19 heavy (non-hydrogen) atoms. The summed E-state index contributed by atoms with van der Waals surface area (Å²) in [6.07, 6.45) is -0.0969. The Bertz CT molecular complexity index is 624. The summed E-state index contributed by atoms with van der Waals surface area (Å²) in [7, 11) is 1.58. The van der Waals surface area contributed by atoms with Crippen LogP contribution in [-0.4, -0.2) is 26.1 Å². The number of hydrogen-bond acceptors (Lipinski definition) is 3. The molecule has 1 aromatic rings. The van der Waals surface area contributed by atoms with E-state index < -0.39 is 14.3 Å². The van der Waals surface area contributed by atoms with E-state index in [4.69, 9.17) is 22.3 Å². The summed E-state index contributed by atoms with van der Waals surface area (Å²) in [5.74, 6) is -0.264. The predicted molar refractivity (Wildman–Crippen MR) is 79.4 cm³/mol. The summed E-state index contributed by atoms with van der Waals surface area (Å²) in [4.78, 5) is 13.4. The first kappa shape index (κ1) is 15.1. The zero-order valence-corrected chi connectivity index (χ0v) is 13.8. The highest BCUT2D eigenvalue weighted by molar-refractivity contribution is 9.10. The molecule has 1 fully saturated rings. The van der Waals surface area contributed by atoms with Gasteiger partial charge in [-0.2, -0.15) is 0 Å². The van der Waals surface area contributed by atoms with E-state index in [0.717, 1.165) is 5.56 Å². The van der Waals surface area contributed by atoms with Crippen molar-refractivity contribution in [3.8, 4) is 0 Å². The number of nitrogens with zero attached hydrogens (tertiary/aromatic N) is 1. The predicted octanol–water partition coefficient (Wildman–Crippen LogP) is 3.08. The second-order valence-electron chi connectivity index (χ2n) is 4.36. The maximum Gasteiger partial charge on any atom is 0.237 e. The number of anilines is 1. The molecule has 0 saturated carbocycles. The smallest absolute Gasteiger partial charge is 0.237 e. The molecule has 1 heterocycles. The maximum atomic E-state index is 12.0. The molecule has 1 unspecified atom stereocenters. The summed E-state index contributed by atoms with van der Waals surface area (Å²) < 4.78 is 23.3. The first-order valence-corrected chi connectivity index (χ1v) is 8.94. The second-order valence-corrected chi connectivity index (χ2v) is 8.56. The number of hydrogen-bond donors (Lipinski definition) is 0. The Labute approximate surface area is 129 Å². The molecule has 104 valence electrons. The summed E-state index contributed by atoms with van der Waals surface area (Å²) >= 11 is 9.26. The molecule has 1 saturated heterocycles. The van der Waals surface area contributed by atoms with Crippen LogP contribution in [0.2, 0.25) is 5.02 Å². The van der Waals surface area contributed by atoms with Crippen molar-refractivity contribution >= 4 is 58.9 Å². The van der Waals surface area contributed by atoms with Crippen LogP contribution in [0.25, 0.3) is 0 Å². The van der Waals surface area contributed by atoms with Crippen molar-refractivity contribution in [1.82, 2.24) is 0 Å². The van der Waals surface area contributed by atoms with Crippen molar-refractivity contribution in [2.24, 2.45) is 0 Å². The van der Waals surface area contributed by atoms with E-state index in [2.05, 4.69) is 15.9 Å². The van der Waals surface area contributed by atoms with Crippen molar-refractivity contribution in [3.05, 3.63) is 27.2 Å². The van der Waals surface area contributed by atoms with Crippen LogP contribution in [0, 0.1) is 6.92 Å². The molecular weight excluding hydrogens is 377 g/mol. The SMILES string of the molecule is Cc1cc(Cl)cc(Br)c1N1CC(S(=O)(=O)Cl)CC1=O. The van der Waals surface area contributed by atoms with Gasteiger partial charge in [-0.05, 0) is 40.5 Å². The van der Waals surface area contributed by atoms with Crippen molar-refractivity contribution in [2.75, 3.05) is 11.4 Å². The molecule has 2 rings (SSSR count). The molecule has 1 aromatic carbocycles. The van der Waals surface area contributed by atoms with Crippen LogP contribution in [0.4, 0.5) is 5.69 Å². The largest absolute Gasteiger partial charge is 0.310 e. The fraction of sp³-hybridized carbons (Fsp3) is 0.364. The molecule has 1 aliphatic heterocycles. The van der Waals surface area contributed by atoms with Crippen LogP contribution in [-0.2, 0) is 13.8 Å². The molecule has 1 amide bonds. The average Bonchev–Trinajstić information content (AvgIpc) is 2.59. The topological polar surface area (TPSA) is 54.5 Å². The number of benzene rings is 1. The van der Waals surface area contributed by atoms with Crippen molar-refractivity contribution in [3.63, 3.8) is 0 Å². The maximum absolute atomic E-state index is 12.0. The van der Waals surface area contributed by atoms with Gasteiger partial charge in [0.1, 0.15) is 5.25 Å². The van der Waals surface area contributed by atoms with E-state index in [9.17, 15) is 13.2 Å². The van der Waals surface area contributed by atoms with Crippen LogP contribution in [0.15, 0.2) is 16.6 Å². The fourth-order valence-corrected chi connectivity index (χ4v) is 4.32. The third-order valence-electron chi connectivity index (χ3n) is 2.98. The van der Waals surface area contributed by atoms with E-state index in [1.54, 1.807) is 12.1 Å². The molecule has 0 spiro atoms. The third-order valence-corrected chi connectivity index (χ3v) is 5.67. The number of aryl methyl sites for hydroxylation is 1. The van der Waals surface area contributed by atoms with Gasteiger partial charge in [0.15, 0.2) is 0 Å². The molecule has 4 nitrogen and oxygen atoms in total. The van der Waals surface area contributed by atoms with Crippen LogP contribution in [0.5, 0.6) is 0 Å². The first-order chi connectivity index (χ1) is 8.70. The Morgan fingerprint density at radius 2 is 2.05 bits per heavy atom. The monoisotopic (exact) mass is 385 g/mol. The van der Waals surface area contributed by atoms with Gasteiger partial charge < -0.3 is 4.90 Å². The molecule has 1 aliphatic rings. The molecule has 0 N–H and O–H groups in total. The quantitative estimate of drug-likeness (QED) is 0.734. The highest BCUT2D eigenvalue weighted by Crippen LogP contribution is 2.36. The van der Waals surface area contributed by atoms with Gasteiger partial charge in [0, 0.05) is 33.1 Å². The van der Waals surface area contributed by atoms with Gasteiger partial charge in [0.05, 0.1) is 5.69 Å². The minimum Gasteiger partial charge on any atom is -0.310 e. The molecule has 0 aliphatic carbocycles. The van der Waals surface area contributed by atoms with Crippen LogP contribution in [0.3, 0.4) is 0 Å². The Hall–Kier alpha value is -0.300. The minimum absolute atomic E-state index is 0.0612. The van der Waals surface area contributed by atoms with Crippen LogP contribution >= 0.6 is 38.2 Å². The lowest BCUT2D eigenvalue weighted by Crippen LogP contribution is -2.27. The first-order valence-electron chi connectivity index (χ1n) is 5.39. The molecule has 0 aromatic heterocycles. The van der Waals surface area contributed by atoms with Crippen LogP contribution in [0.1, 0.15) is 12.0 Å². The lowest BCUT2D eigenvalue weighted by atomic mass is 10.2. The third kappa shape index (κ3) is 3.07. The van der Waals surface area contributed by atoms with Crippen LogP contribution < -0.4 is 4.90 Å². The van der Waals surface area contributed by atoms with Gasteiger partial charge in [0.25, 0.3) is 0 Å². The molecule has 0 bridgehead atoms. The summed E-state index contributed by atoms with van der Waals surface area (Å²) in [5, 5.41) is -0.329. The minimum atomic E-state index is -3.74. The van der Waals surface area contributed by atoms with Gasteiger partial charge in [-0.1, -0.05) is 11.6 Å². The van der Waals surface area contributed by atoms with Gasteiger partial charge in [0.2, 0.25) is 15.0 Å². The zero-order chi connectivity index (χ0) is 14.4. The highest BCUT2D eigenvalue weighted by Gasteiger charge is 2.39. The van der Waals surface area contributed by atoms with E-state index in [-0.39, 0.29) is 18.9 Å². The molecule has 1 atom stereocenters. The summed E-state index contributed by atoms with van der Waals surface area (Å²) in [6, 6.07) is 3.39. The van der Waals surface area contributed by atoms with Gasteiger partial charge in [-0.25, -0.2) is 8.42 Å². The van der Waals surface area contributed by atoms with E-state index >= 15 is 0 Å². The van der Waals surface area contributed by atoms with Crippen molar-refractivity contribution in [2.45, 2.75) is 18.6 Å². The normalized spacial score (nSPS) is 20.1. The highest BCUT2D eigenvalue weighted by atomic mass is 79.9. The Morgan fingerprint density at radius 3 is 2.53 bits per heavy atom. The number of carbonyl (C=O) groups excluding carboxylic acids is 1. The Balaban J connectivity index is 2.42. The van der Waals surface area contributed by atoms with E-state index in [1.807, 2.05) is 6.92 Å². The van der Waals surface area contributed by atoms with E-state index in [1.165, 1.54) is 4.90 Å². The average molecular weight is 387 g/mol. The Morgan fingerprint density at radius 1 is 1.42 bits per heavy atom. The molecule has 8 heteroatoms. The zero-order valence-electron chi connectivity index (χ0n) is 9.86.